The molecule has 11 heavy (non-hydrogen) atoms. The third kappa shape index (κ3) is 2.47. The zero-order valence-electron chi connectivity index (χ0n) is 6.20. The van der Waals surface area contributed by atoms with E-state index in [2.05, 4.69) is 10.8 Å². The lowest BCUT2D eigenvalue weighted by molar-refractivity contribution is 0.0510. The van der Waals surface area contributed by atoms with Gasteiger partial charge in [0.05, 0.1) is 0 Å². The molecule has 1 aromatic rings. The van der Waals surface area contributed by atoms with Crippen LogP contribution in [0.4, 0.5) is 0 Å². The zero-order chi connectivity index (χ0) is 8.10. The van der Waals surface area contributed by atoms with Crippen molar-refractivity contribution in [1.82, 2.24) is 0 Å². The van der Waals surface area contributed by atoms with Gasteiger partial charge in [-0.15, -0.1) is 0 Å². The van der Waals surface area contributed by atoms with Crippen molar-refractivity contribution in [3.05, 3.63) is 24.3 Å². The van der Waals surface area contributed by atoms with Crippen LogP contribution in [-0.4, -0.2) is 19.0 Å². The first-order valence-electron chi connectivity index (χ1n) is 3.15. The highest BCUT2D eigenvalue weighted by molar-refractivity contribution is 5.30. The molecular weight excluding hydrogens is 144 g/mol. The average molecular weight is 153 g/mol. The number of phenols is 1. The van der Waals surface area contributed by atoms with Gasteiger partial charge < -0.3 is 14.6 Å². The molecule has 0 fully saturated rings. The number of methoxy groups -OCH3 is 1. The molecule has 1 N–H and O–H groups in total. The van der Waals surface area contributed by atoms with E-state index < -0.39 is 0 Å². The van der Waals surface area contributed by atoms with Crippen LogP contribution in [0.15, 0.2) is 18.2 Å². The molecule has 0 aliphatic carbocycles. The lowest BCUT2D eigenvalue weighted by atomic mass is 10.3. The van der Waals surface area contributed by atoms with E-state index in [9.17, 15) is 0 Å². The Morgan fingerprint density at radius 2 is 2.45 bits per heavy atom. The maximum absolute atomic E-state index is 8.94. The summed E-state index contributed by atoms with van der Waals surface area (Å²) in [7, 11) is 1.54. The van der Waals surface area contributed by atoms with E-state index >= 15 is 0 Å². The van der Waals surface area contributed by atoms with Crippen LogP contribution in [0.1, 0.15) is 0 Å². The van der Waals surface area contributed by atoms with Gasteiger partial charge in [0, 0.05) is 19.2 Å². The number of hydrogen-bond donors (Lipinski definition) is 1. The van der Waals surface area contributed by atoms with Gasteiger partial charge in [0.1, 0.15) is 11.5 Å². The second kappa shape index (κ2) is 3.83. The van der Waals surface area contributed by atoms with E-state index in [1.807, 2.05) is 0 Å². The van der Waals surface area contributed by atoms with Gasteiger partial charge in [0.2, 0.25) is 0 Å². The third-order valence-electron chi connectivity index (χ3n) is 1.10. The topological polar surface area (TPSA) is 38.7 Å². The molecule has 59 valence electrons. The smallest absolute Gasteiger partial charge is 0.188 e. The van der Waals surface area contributed by atoms with Gasteiger partial charge >= 0.3 is 0 Å². The summed E-state index contributed by atoms with van der Waals surface area (Å²) in [6, 6.07) is 7.33. The summed E-state index contributed by atoms with van der Waals surface area (Å²) in [6.45, 7) is 0.184. The van der Waals surface area contributed by atoms with Gasteiger partial charge in [-0.1, -0.05) is 0 Å². The quantitative estimate of drug-likeness (QED) is 0.662. The van der Waals surface area contributed by atoms with Crippen LogP contribution in [0.5, 0.6) is 11.5 Å². The third-order valence-corrected chi connectivity index (χ3v) is 1.10. The first-order chi connectivity index (χ1) is 5.33. The molecule has 0 heterocycles. The van der Waals surface area contributed by atoms with Crippen molar-refractivity contribution in [1.29, 1.82) is 0 Å². The predicted molar refractivity (Wildman–Crippen MR) is 39.4 cm³/mol. The average Bonchev–Trinajstić information content (AvgIpc) is 2.01. The number of ether oxygens (including phenoxy) is 2. The number of rotatable bonds is 3. The molecule has 1 rings (SSSR count). The Morgan fingerprint density at radius 3 is 3.09 bits per heavy atom. The van der Waals surface area contributed by atoms with Crippen LogP contribution in [-0.2, 0) is 4.74 Å². The summed E-state index contributed by atoms with van der Waals surface area (Å²) in [5, 5.41) is 8.94. The minimum atomic E-state index is 0.0682. The van der Waals surface area contributed by atoms with Crippen molar-refractivity contribution in [3.8, 4) is 11.5 Å². The molecule has 0 saturated heterocycles. The second-order valence-corrected chi connectivity index (χ2v) is 1.96. The fourth-order valence-corrected chi connectivity index (χ4v) is 0.650. The van der Waals surface area contributed by atoms with Crippen LogP contribution in [0.25, 0.3) is 0 Å². The van der Waals surface area contributed by atoms with Crippen molar-refractivity contribution in [2.75, 3.05) is 13.9 Å². The Morgan fingerprint density at radius 1 is 1.64 bits per heavy atom. The van der Waals surface area contributed by atoms with E-state index in [1.54, 1.807) is 12.1 Å². The highest BCUT2D eigenvalue weighted by Crippen LogP contribution is 2.16. The lowest BCUT2D eigenvalue weighted by Gasteiger charge is -2.03. The molecule has 0 aliphatic rings. The fourth-order valence-electron chi connectivity index (χ4n) is 0.650. The van der Waals surface area contributed by atoms with Crippen LogP contribution in [0.2, 0.25) is 0 Å². The molecular formula is C8H9O3. The minimum Gasteiger partial charge on any atom is -0.507 e. The molecule has 0 amide bonds. The molecule has 3 heteroatoms. The summed E-state index contributed by atoms with van der Waals surface area (Å²) >= 11 is 0. The Bertz CT molecular complexity index is 222. The van der Waals surface area contributed by atoms with E-state index in [0.717, 1.165) is 0 Å². The fraction of sp³-hybridized carbons (Fsp3) is 0.250. The zero-order valence-corrected chi connectivity index (χ0v) is 6.20. The number of benzene rings is 1. The first kappa shape index (κ1) is 7.88. The minimum absolute atomic E-state index is 0.0682. The van der Waals surface area contributed by atoms with Crippen LogP contribution in [0, 0.1) is 6.07 Å². The molecule has 0 aliphatic heterocycles. The van der Waals surface area contributed by atoms with Gasteiger partial charge in [-0.25, -0.2) is 0 Å². The number of phenolic OH excluding ortho intramolecular Hbond substituents is 1. The van der Waals surface area contributed by atoms with Gasteiger partial charge in [0.15, 0.2) is 6.79 Å². The van der Waals surface area contributed by atoms with Crippen molar-refractivity contribution in [2.45, 2.75) is 0 Å². The number of hydrogen-bond acceptors (Lipinski definition) is 3. The van der Waals surface area contributed by atoms with Crippen LogP contribution in [0.3, 0.4) is 0 Å². The van der Waals surface area contributed by atoms with E-state index in [4.69, 9.17) is 9.84 Å². The Kier molecular flexibility index (Phi) is 2.74. The standard InChI is InChI=1S/C8H9O3/c1-10-6-11-8-4-2-3-7(9)5-8/h2,4-5,9H,6H2,1H3. The Hall–Kier alpha value is -1.22. The van der Waals surface area contributed by atoms with E-state index in [0.29, 0.717) is 5.75 Å². The van der Waals surface area contributed by atoms with Crippen molar-refractivity contribution < 1.29 is 14.6 Å². The van der Waals surface area contributed by atoms with Gasteiger partial charge in [-0.05, 0) is 12.1 Å². The summed E-state index contributed by atoms with van der Waals surface area (Å²) in [4.78, 5) is 0. The molecule has 1 radical (unpaired) electrons. The van der Waals surface area contributed by atoms with Crippen molar-refractivity contribution in [2.24, 2.45) is 0 Å². The predicted octanol–water partition coefficient (Wildman–Crippen LogP) is 1.18. The molecule has 0 unspecified atom stereocenters. The van der Waals surface area contributed by atoms with E-state index in [1.165, 1.54) is 13.2 Å². The maximum Gasteiger partial charge on any atom is 0.188 e. The first-order valence-corrected chi connectivity index (χ1v) is 3.15. The van der Waals surface area contributed by atoms with Crippen molar-refractivity contribution in [3.63, 3.8) is 0 Å². The van der Waals surface area contributed by atoms with E-state index in [-0.39, 0.29) is 12.5 Å². The highest BCUT2D eigenvalue weighted by Gasteiger charge is 1.93. The molecule has 1 aromatic carbocycles. The second-order valence-electron chi connectivity index (χ2n) is 1.96. The van der Waals surface area contributed by atoms with Gasteiger partial charge in [-0.2, -0.15) is 0 Å². The normalized spacial score (nSPS) is 9.55. The largest absolute Gasteiger partial charge is 0.507 e. The summed E-state index contributed by atoms with van der Waals surface area (Å²) < 4.78 is 9.71. The lowest BCUT2D eigenvalue weighted by Crippen LogP contribution is -1.98. The Labute approximate surface area is 65.2 Å². The maximum atomic E-state index is 8.94. The van der Waals surface area contributed by atoms with Crippen LogP contribution < -0.4 is 4.74 Å². The SMILES string of the molecule is COCOc1cc[c]c(O)c1. The monoisotopic (exact) mass is 153 g/mol. The number of aromatic hydroxyl groups is 1. The van der Waals surface area contributed by atoms with Gasteiger partial charge in [0.25, 0.3) is 0 Å². The summed E-state index contributed by atoms with van der Waals surface area (Å²) in [5.74, 6) is 0.640. The summed E-state index contributed by atoms with van der Waals surface area (Å²) in [5.41, 5.74) is 0. The summed E-state index contributed by atoms with van der Waals surface area (Å²) in [6.07, 6.45) is 0. The molecule has 0 saturated carbocycles. The van der Waals surface area contributed by atoms with Gasteiger partial charge in [-0.3, -0.25) is 0 Å². The molecule has 0 aromatic heterocycles. The molecule has 0 spiro atoms. The highest BCUT2D eigenvalue weighted by atomic mass is 16.7. The molecule has 0 bridgehead atoms. The molecule has 0 atom stereocenters. The van der Waals surface area contributed by atoms with Crippen molar-refractivity contribution >= 4 is 0 Å². The molecule has 3 nitrogen and oxygen atoms in total. The Balaban J connectivity index is 2.56. The van der Waals surface area contributed by atoms with Crippen LogP contribution >= 0.6 is 0 Å².